The molecule has 0 atom stereocenters. The van der Waals surface area contributed by atoms with E-state index in [1.54, 1.807) is 7.11 Å². The number of amides is 2. The molecule has 0 bridgehead atoms. The van der Waals surface area contributed by atoms with E-state index in [0.29, 0.717) is 24.7 Å². The van der Waals surface area contributed by atoms with Crippen molar-refractivity contribution in [3.05, 3.63) is 59.7 Å². The van der Waals surface area contributed by atoms with Crippen LogP contribution in [0.5, 0.6) is 11.5 Å². The summed E-state index contributed by atoms with van der Waals surface area (Å²) in [6.45, 7) is 1.28. The summed E-state index contributed by atoms with van der Waals surface area (Å²) >= 11 is 0. The van der Waals surface area contributed by atoms with Gasteiger partial charge in [-0.1, -0.05) is 36.4 Å². The van der Waals surface area contributed by atoms with E-state index in [1.165, 1.54) is 4.90 Å². The van der Waals surface area contributed by atoms with Gasteiger partial charge in [0.05, 0.1) is 13.0 Å². The standard InChI is InChI=1S/C20H22N2O5/c1-26-18-9-15(10-21-19(23)16-11-22(12-16)20(24)25)7-8-17(18)27-13-14-5-3-2-4-6-14/h2-9,16H,10-13H2,1H3,(H,21,23)(H,24,25). The van der Waals surface area contributed by atoms with Crippen molar-refractivity contribution in [2.75, 3.05) is 20.2 Å². The molecule has 1 aliphatic heterocycles. The lowest BCUT2D eigenvalue weighted by Crippen LogP contribution is -2.55. The minimum Gasteiger partial charge on any atom is -0.493 e. The zero-order valence-corrected chi connectivity index (χ0v) is 15.1. The monoisotopic (exact) mass is 370 g/mol. The van der Waals surface area contributed by atoms with Crippen molar-refractivity contribution in [1.82, 2.24) is 10.2 Å². The molecule has 0 unspecified atom stereocenters. The van der Waals surface area contributed by atoms with Gasteiger partial charge in [-0.15, -0.1) is 0 Å². The van der Waals surface area contributed by atoms with Crippen LogP contribution >= 0.6 is 0 Å². The summed E-state index contributed by atoms with van der Waals surface area (Å²) in [5.74, 6) is 0.804. The average molecular weight is 370 g/mol. The Morgan fingerprint density at radius 3 is 2.52 bits per heavy atom. The number of ether oxygens (including phenoxy) is 2. The highest BCUT2D eigenvalue weighted by Crippen LogP contribution is 2.29. The van der Waals surface area contributed by atoms with Gasteiger partial charge in [0.2, 0.25) is 5.91 Å². The van der Waals surface area contributed by atoms with Crippen molar-refractivity contribution in [3.8, 4) is 11.5 Å². The molecule has 0 aromatic heterocycles. The zero-order valence-electron chi connectivity index (χ0n) is 15.1. The molecule has 1 fully saturated rings. The molecule has 0 spiro atoms. The number of nitrogens with zero attached hydrogens (tertiary/aromatic N) is 1. The number of benzene rings is 2. The number of carbonyl (C=O) groups excluding carboxylic acids is 1. The Bertz CT molecular complexity index is 803. The average Bonchev–Trinajstić information content (AvgIpc) is 2.64. The first-order valence-electron chi connectivity index (χ1n) is 8.66. The Morgan fingerprint density at radius 2 is 1.85 bits per heavy atom. The number of methoxy groups -OCH3 is 1. The highest BCUT2D eigenvalue weighted by atomic mass is 16.5. The first-order chi connectivity index (χ1) is 13.1. The van der Waals surface area contributed by atoms with Crippen molar-refractivity contribution < 1.29 is 24.2 Å². The van der Waals surface area contributed by atoms with Crippen LogP contribution in [0.25, 0.3) is 0 Å². The summed E-state index contributed by atoms with van der Waals surface area (Å²) in [6.07, 6.45) is -0.991. The summed E-state index contributed by atoms with van der Waals surface area (Å²) in [4.78, 5) is 24.0. The van der Waals surface area contributed by atoms with Gasteiger partial charge in [-0.3, -0.25) is 4.79 Å². The molecule has 1 aliphatic rings. The molecule has 0 radical (unpaired) electrons. The lowest BCUT2D eigenvalue weighted by molar-refractivity contribution is -0.129. The van der Waals surface area contributed by atoms with Gasteiger partial charge in [-0.2, -0.15) is 0 Å². The zero-order chi connectivity index (χ0) is 19.2. The first-order valence-corrected chi connectivity index (χ1v) is 8.66. The molecule has 0 aliphatic carbocycles. The fraction of sp³-hybridized carbons (Fsp3) is 0.300. The minimum atomic E-state index is -0.991. The van der Waals surface area contributed by atoms with E-state index in [0.717, 1.165) is 11.1 Å². The molecule has 27 heavy (non-hydrogen) atoms. The molecule has 2 N–H and O–H groups in total. The Kier molecular flexibility index (Phi) is 5.80. The highest BCUT2D eigenvalue weighted by molar-refractivity contribution is 5.82. The van der Waals surface area contributed by atoms with Crippen molar-refractivity contribution in [2.45, 2.75) is 13.2 Å². The quantitative estimate of drug-likeness (QED) is 0.782. The lowest BCUT2D eigenvalue weighted by Gasteiger charge is -2.35. The van der Waals surface area contributed by atoms with Crippen LogP contribution in [0.15, 0.2) is 48.5 Å². The fourth-order valence-electron chi connectivity index (χ4n) is 2.81. The number of hydrogen-bond donors (Lipinski definition) is 2. The van der Waals surface area contributed by atoms with Crippen molar-refractivity contribution in [2.24, 2.45) is 5.92 Å². The van der Waals surface area contributed by atoms with Crippen LogP contribution in [-0.4, -0.2) is 42.2 Å². The van der Waals surface area contributed by atoms with E-state index in [1.807, 2.05) is 48.5 Å². The van der Waals surface area contributed by atoms with Crippen LogP contribution in [0.1, 0.15) is 11.1 Å². The normalized spacial score (nSPS) is 13.6. The minimum absolute atomic E-state index is 0.143. The molecule has 2 aromatic rings. The van der Waals surface area contributed by atoms with E-state index in [4.69, 9.17) is 14.6 Å². The Balaban J connectivity index is 1.53. The highest BCUT2D eigenvalue weighted by Gasteiger charge is 2.35. The van der Waals surface area contributed by atoms with Crippen molar-refractivity contribution in [3.63, 3.8) is 0 Å². The van der Waals surface area contributed by atoms with Gasteiger partial charge in [0.25, 0.3) is 0 Å². The second-order valence-corrected chi connectivity index (χ2v) is 6.36. The maximum Gasteiger partial charge on any atom is 0.407 e. The predicted octanol–water partition coefficient (Wildman–Crippen LogP) is 2.50. The van der Waals surface area contributed by atoms with E-state index in [-0.39, 0.29) is 24.9 Å². The van der Waals surface area contributed by atoms with Crippen LogP contribution in [0, 0.1) is 5.92 Å². The summed E-state index contributed by atoms with van der Waals surface area (Å²) in [7, 11) is 1.57. The van der Waals surface area contributed by atoms with Gasteiger partial charge < -0.3 is 24.8 Å². The van der Waals surface area contributed by atoms with Gasteiger partial charge in [-0.25, -0.2) is 4.79 Å². The second-order valence-electron chi connectivity index (χ2n) is 6.36. The number of likely N-dealkylation sites (tertiary alicyclic amines) is 1. The topological polar surface area (TPSA) is 88.1 Å². The molecule has 2 aromatic carbocycles. The Labute approximate surface area is 157 Å². The van der Waals surface area contributed by atoms with Crippen LogP contribution in [0.4, 0.5) is 4.79 Å². The number of carbonyl (C=O) groups is 2. The molecule has 7 nitrogen and oxygen atoms in total. The van der Waals surface area contributed by atoms with Gasteiger partial charge >= 0.3 is 6.09 Å². The molecular formula is C20H22N2O5. The molecule has 0 saturated carbocycles. The predicted molar refractivity (Wildman–Crippen MR) is 98.7 cm³/mol. The molecular weight excluding hydrogens is 348 g/mol. The van der Waals surface area contributed by atoms with E-state index >= 15 is 0 Å². The number of hydrogen-bond acceptors (Lipinski definition) is 4. The third-order valence-corrected chi connectivity index (χ3v) is 4.45. The summed E-state index contributed by atoms with van der Waals surface area (Å²) in [5, 5.41) is 11.6. The molecule has 142 valence electrons. The number of nitrogens with one attached hydrogen (secondary N) is 1. The third-order valence-electron chi connectivity index (χ3n) is 4.45. The van der Waals surface area contributed by atoms with Gasteiger partial charge in [0, 0.05) is 19.6 Å². The van der Waals surface area contributed by atoms with Gasteiger partial charge in [-0.05, 0) is 23.3 Å². The Morgan fingerprint density at radius 1 is 1.11 bits per heavy atom. The molecule has 3 rings (SSSR count). The van der Waals surface area contributed by atoms with E-state index < -0.39 is 6.09 Å². The van der Waals surface area contributed by atoms with Crippen LogP contribution in [-0.2, 0) is 17.9 Å². The lowest BCUT2D eigenvalue weighted by atomic mass is 10.00. The first kappa shape index (κ1) is 18.6. The van der Waals surface area contributed by atoms with Gasteiger partial charge in [0.15, 0.2) is 11.5 Å². The second kappa shape index (κ2) is 8.44. The summed E-state index contributed by atoms with van der Waals surface area (Å²) < 4.78 is 11.2. The molecule has 1 heterocycles. The largest absolute Gasteiger partial charge is 0.493 e. The fourth-order valence-corrected chi connectivity index (χ4v) is 2.81. The van der Waals surface area contributed by atoms with Crippen molar-refractivity contribution >= 4 is 12.0 Å². The number of rotatable bonds is 7. The van der Waals surface area contributed by atoms with Crippen LogP contribution in [0.2, 0.25) is 0 Å². The van der Waals surface area contributed by atoms with Crippen molar-refractivity contribution in [1.29, 1.82) is 0 Å². The maximum absolute atomic E-state index is 12.1. The van der Waals surface area contributed by atoms with Crippen LogP contribution < -0.4 is 14.8 Å². The Hall–Kier alpha value is -3.22. The van der Waals surface area contributed by atoms with Crippen LogP contribution in [0.3, 0.4) is 0 Å². The number of carboxylic acid groups (broad SMARTS) is 1. The summed E-state index contributed by atoms with van der Waals surface area (Å²) in [5.41, 5.74) is 1.94. The van der Waals surface area contributed by atoms with E-state index in [2.05, 4.69) is 5.32 Å². The molecule has 2 amide bonds. The maximum atomic E-state index is 12.1. The van der Waals surface area contributed by atoms with Gasteiger partial charge in [0.1, 0.15) is 6.61 Å². The van der Waals surface area contributed by atoms with E-state index in [9.17, 15) is 9.59 Å². The smallest absolute Gasteiger partial charge is 0.407 e. The SMILES string of the molecule is COc1cc(CNC(=O)C2CN(C(=O)O)C2)ccc1OCc1ccccc1. The summed E-state index contributed by atoms with van der Waals surface area (Å²) in [6, 6.07) is 15.4. The molecule has 7 heteroatoms. The molecule has 1 saturated heterocycles. The third kappa shape index (κ3) is 4.69.